The molecule has 1 saturated heterocycles. The first-order chi connectivity index (χ1) is 13.3. The molecule has 0 saturated carbocycles. The second-order valence-electron chi connectivity index (χ2n) is 6.41. The fraction of sp³-hybridized carbons (Fsp3) is 0.222. The van der Waals surface area contributed by atoms with Crippen LogP contribution in [-0.2, 0) is 0 Å². The summed E-state index contributed by atoms with van der Waals surface area (Å²) in [7, 11) is 0. The van der Waals surface area contributed by atoms with Crippen molar-refractivity contribution in [1.82, 2.24) is 24.8 Å². The number of hydrogen-bond acceptors (Lipinski definition) is 7. The van der Waals surface area contributed by atoms with Gasteiger partial charge in [-0.2, -0.15) is 15.9 Å². The zero-order chi connectivity index (χ0) is 18.2. The minimum absolute atomic E-state index is 0.164. The van der Waals surface area contributed by atoms with Crippen molar-refractivity contribution in [3.8, 4) is 11.4 Å². The molecule has 136 valence electrons. The van der Waals surface area contributed by atoms with Gasteiger partial charge in [-0.1, -0.05) is 0 Å². The van der Waals surface area contributed by atoms with Crippen LogP contribution < -0.4 is 10.2 Å². The molecule has 5 rings (SSSR count). The van der Waals surface area contributed by atoms with Gasteiger partial charge in [0.1, 0.15) is 5.82 Å². The van der Waals surface area contributed by atoms with Gasteiger partial charge in [-0.05, 0) is 42.1 Å². The number of nitrogens with one attached hydrogen (secondary N) is 1. The Morgan fingerprint density at radius 1 is 1.19 bits per heavy atom. The van der Waals surface area contributed by atoms with Gasteiger partial charge >= 0.3 is 0 Å². The molecule has 1 atom stereocenters. The van der Waals surface area contributed by atoms with Crippen LogP contribution in [0.2, 0.25) is 0 Å². The van der Waals surface area contributed by atoms with Crippen molar-refractivity contribution in [3.05, 3.63) is 53.1 Å². The number of rotatable bonds is 4. The van der Waals surface area contributed by atoms with Crippen LogP contribution in [0.1, 0.15) is 6.42 Å². The summed E-state index contributed by atoms with van der Waals surface area (Å²) in [4.78, 5) is 6.12. The van der Waals surface area contributed by atoms with Crippen molar-refractivity contribution >= 4 is 28.6 Å². The van der Waals surface area contributed by atoms with Gasteiger partial charge in [0.25, 0.3) is 0 Å². The van der Waals surface area contributed by atoms with Gasteiger partial charge in [-0.15, -0.1) is 15.3 Å². The van der Waals surface area contributed by atoms with E-state index in [9.17, 15) is 4.39 Å². The fourth-order valence-electron chi connectivity index (χ4n) is 3.33. The maximum atomic E-state index is 14.0. The number of halogens is 1. The van der Waals surface area contributed by atoms with Crippen molar-refractivity contribution in [2.45, 2.75) is 12.5 Å². The Hall–Kier alpha value is -3.07. The van der Waals surface area contributed by atoms with Gasteiger partial charge in [0.15, 0.2) is 23.1 Å². The number of nitrogens with zero attached hydrogens (tertiary/aromatic N) is 6. The van der Waals surface area contributed by atoms with Crippen LogP contribution in [0.3, 0.4) is 0 Å². The SMILES string of the molecule is Fc1cccnc1N1CCC(Nc2ccc3nnc(-c4ccsc4)n3n2)C1. The molecule has 0 radical (unpaired) electrons. The Balaban J connectivity index is 1.36. The molecule has 4 aromatic rings. The van der Waals surface area contributed by atoms with E-state index in [0.717, 1.165) is 30.2 Å². The first-order valence-electron chi connectivity index (χ1n) is 8.65. The smallest absolute Gasteiger partial charge is 0.186 e. The first kappa shape index (κ1) is 16.1. The monoisotopic (exact) mass is 381 g/mol. The highest BCUT2D eigenvalue weighted by atomic mass is 32.1. The highest BCUT2D eigenvalue weighted by Crippen LogP contribution is 2.24. The van der Waals surface area contributed by atoms with Crippen molar-refractivity contribution in [2.24, 2.45) is 0 Å². The molecule has 1 aliphatic heterocycles. The van der Waals surface area contributed by atoms with E-state index in [1.165, 1.54) is 6.07 Å². The van der Waals surface area contributed by atoms with Crippen LogP contribution in [0, 0.1) is 5.82 Å². The summed E-state index contributed by atoms with van der Waals surface area (Å²) in [6.45, 7) is 1.42. The quantitative estimate of drug-likeness (QED) is 0.586. The van der Waals surface area contributed by atoms with Crippen LogP contribution in [0.5, 0.6) is 0 Å². The molecule has 0 bridgehead atoms. The van der Waals surface area contributed by atoms with Crippen molar-refractivity contribution < 1.29 is 4.39 Å². The summed E-state index contributed by atoms with van der Waals surface area (Å²) >= 11 is 1.61. The molecule has 1 N–H and O–H groups in total. The lowest BCUT2D eigenvalue weighted by Gasteiger charge is -2.18. The standard InChI is InChI=1S/C18H16FN7S/c19-14-2-1-7-20-18(14)25-8-5-13(10-25)21-15-3-4-16-22-23-17(26(16)24-15)12-6-9-27-11-12/h1-4,6-7,9,11,13H,5,8,10H2,(H,21,24). The van der Waals surface area contributed by atoms with E-state index in [1.54, 1.807) is 28.1 Å². The number of fused-ring (bicyclic) bond motifs is 1. The molecule has 1 fully saturated rings. The number of thiophene rings is 1. The van der Waals surface area contributed by atoms with Gasteiger partial charge in [-0.3, -0.25) is 0 Å². The number of hydrogen-bond donors (Lipinski definition) is 1. The molecule has 1 unspecified atom stereocenters. The van der Waals surface area contributed by atoms with E-state index in [-0.39, 0.29) is 11.9 Å². The van der Waals surface area contributed by atoms with E-state index in [2.05, 4.69) is 25.6 Å². The molecule has 27 heavy (non-hydrogen) atoms. The predicted molar refractivity (Wildman–Crippen MR) is 103 cm³/mol. The molecular formula is C18H16FN7S. The normalized spacial score (nSPS) is 16.9. The molecule has 7 nitrogen and oxygen atoms in total. The molecule has 0 aliphatic carbocycles. The lowest BCUT2D eigenvalue weighted by Crippen LogP contribution is -2.27. The predicted octanol–water partition coefficient (Wildman–Crippen LogP) is 3.08. The lowest BCUT2D eigenvalue weighted by molar-refractivity contribution is 0.615. The average molecular weight is 381 g/mol. The van der Waals surface area contributed by atoms with Gasteiger partial charge in [0.2, 0.25) is 0 Å². The summed E-state index contributed by atoms with van der Waals surface area (Å²) in [6, 6.07) is 9.00. The first-order valence-corrected chi connectivity index (χ1v) is 9.59. The van der Waals surface area contributed by atoms with Crippen LogP contribution in [-0.4, -0.2) is 43.9 Å². The second-order valence-corrected chi connectivity index (χ2v) is 7.19. The summed E-state index contributed by atoms with van der Waals surface area (Å²) in [6.07, 6.45) is 2.50. The van der Waals surface area contributed by atoms with Crippen molar-refractivity contribution in [3.63, 3.8) is 0 Å². The van der Waals surface area contributed by atoms with E-state index in [4.69, 9.17) is 0 Å². The number of aromatic nitrogens is 5. The fourth-order valence-corrected chi connectivity index (χ4v) is 3.96. The van der Waals surface area contributed by atoms with Gasteiger partial charge in [-0.25, -0.2) is 9.37 Å². The summed E-state index contributed by atoms with van der Waals surface area (Å²) in [5.41, 5.74) is 1.69. The van der Waals surface area contributed by atoms with Gasteiger partial charge < -0.3 is 10.2 Å². The lowest BCUT2D eigenvalue weighted by atomic mass is 10.2. The van der Waals surface area contributed by atoms with Crippen LogP contribution in [0.15, 0.2) is 47.3 Å². The maximum Gasteiger partial charge on any atom is 0.186 e. The van der Waals surface area contributed by atoms with Crippen molar-refractivity contribution in [1.29, 1.82) is 0 Å². The van der Waals surface area contributed by atoms with Crippen molar-refractivity contribution in [2.75, 3.05) is 23.3 Å². The topological polar surface area (TPSA) is 71.2 Å². The highest BCUT2D eigenvalue weighted by molar-refractivity contribution is 7.08. The second kappa shape index (κ2) is 6.58. The van der Waals surface area contributed by atoms with E-state index in [1.807, 2.05) is 33.9 Å². The van der Waals surface area contributed by atoms with E-state index < -0.39 is 0 Å². The Bertz CT molecular complexity index is 1080. The van der Waals surface area contributed by atoms with E-state index >= 15 is 0 Å². The van der Waals surface area contributed by atoms with Crippen LogP contribution >= 0.6 is 11.3 Å². The largest absolute Gasteiger partial charge is 0.364 e. The summed E-state index contributed by atoms with van der Waals surface area (Å²) in [5, 5.41) is 20.5. The molecule has 5 heterocycles. The van der Waals surface area contributed by atoms with E-state index in [0.29, 0.717) is 18.0 Å². The Morgan fingerprint density at radius 2 is 2.15 bits per heavy atom. The third-order valence-electron chi connectivity index (χ3n) is 4.62. The van der Waals surface area contributed by atoms with Crippen LogP contribution in [0.25, 0.3) is 17.0 Å². The molecule has 0 amide bonds. The number of anilines is 2. The summed E-state index contributed by atoms with van der Waals surface area (Å²) < 4.78 is 15.7. The zero-order valence-corrected chi connectivity index (χ0v) is 15.1. The van der Waals surface area contributed by atoms with Gasteiger partial charge in [0.05, 0.1) is 0 Å². The Labute approximate surface area is 158 Å². The van der Waals surface area contributed by atoms with Gasteiger partial charge in [0, 0.05) is 36.3 Å². The zero-order valence-electron chi connectivity index (χ0n) is 14.3. The minimum atomic E-state index is -0.289. The highest BCUT2D eigenvalue weighted by Gasteiger charge is 2.25. The third-order valence-corrected chi connectivity index (χ3v) is 5.30. The Kier molecular flexibility index (Phi) is 3.93. The third kappa shape index (κ3) is 2.99. The average Bonchev–Trinajstić information content (AvgIpc) is 3.42. The molecular weight excluding hydrogens is 365 g/mol. The Morgan fingerprint density at radius 3 is 3.00 bits per heavy atom. The molecule has 9 heteroatoms. The molecule has 4 aromatic heterocycles. The molecule has 0 aromatic carbocycles. The summed E-state index contributed by atoms with van der Waals surface area (Å²) in [5.74, 6) is 1.58. The molecule has 0 spiro atoms. The number of pyridine rings is 1. The minimum Gasteiger partial charge on any atom is -0.364 e. The van der Waals surface area contributed by atoms with Crippen LogP contribution in [0.4, 0.5) is 16.0 Å². The molecule has 1 aliphatic rings. The maximum absolute atomic E-state index is 14.0.